The average molecular weight is 399 g/mol. The summed E-state index contributed by atoms with van der Waals surface area (Å²) in [4.78, 5) is 0. The van der Waals surface area contributed by atoms with E-state index in [0.29, 0.717) is 0 Å². The SMILES string of the molecule is O=S(=O)([N-]c1ccc([N-]S(=O)(=O)c2cccs2)cc1)c1cccs1. The molecule has 0 aliphatic heterocycles. The van der Waals surface area contributed by atoms with Crippen LogP contribution in [0.4, 0.5) is 11.4 Å². The molecule has 0 bridgehead atoms. The van der Waals surface area contributed by atoms with Gasteiger partial charge in [-0.3, -0.25) is 0 Å². The highest BCUT2D eigenvalue weighted by Gasteiger charge is 2.06. The molecule has 0 fully saturated rings. The lowest BCUT2D eigenvalue weighted by atomic mass is 10.3. The zero-order valence-corrected chi connectivity index (χ0v) is 15.2. The van der Waals surface area contributed by atoms with Gasteiger partial charge in [-0.25, -0.2) is 16.8 Å². The zero-order valence-electron chi connectivity index (χ0n) is 11.9. The largest absolute Gasteiger partial charge is 0.572 e. The summed E-state index contributed by atoms with van der Waals surface area (Å²) in [5, 5.41) is 3.31. The van der Waals surface area contributed by atoms with Crippen LogP contribution >= 0.6 is 22.7 Å². The highest BCUT2D eigenvalue weighted by Crippen LogP contribution is 2.34. The molecule has 0 radical (unpaired) electrons. The summed E-state index contributed by atoms with van der Waals surface area (Å²) < 4.78 is 56.0. The molecule has 3 rings (SSSR count). The predicted molar refractivity (Wildman–Crippen MR) is 95.5 cm³/mol. The summed E-state index contributed by atoms with van der Waals surface area (Å²) in [5.74, 6) is 0. The Bertz CT molecular complexity index is 922. The van der Waals surface area contributed by atoms with Crippen LogP contribution in [0.15, 0.2) is 67.7 Å². The van der Waals surface area contributed by atoms with Gasteiger partial charge in [0.1, 0.15) is 28.5 Å². The Labute approximate surface area is 147 Å². The van der Waals surface area contributed by atoms with Gasteiger partial charge < -0.3 is 9.44 Å². The van der Waals surface area contributed by atoms with Gasteiger partial charge in [0.2, 0.25) is 0 Å². The molecule has 0 aliphatic carbocycles. The standard InChI is InChI=1S/C14H10N2O4S4/c17-23(18,13-3-1-9-21-13)15-11-5-7-12(8-6-11)16-24(19,20)14-4-2-10-22-14/h1-10H/q-2. The van der Waals surface area contributed by atoms with Crippen LogP contribution in [0.2, 0.25) is 0 Å². The molecule has 2 heterocycles. The normalized spacial score (nSPS) is 12.0. The van der Waals surface area contributed by atoms with E-state index in [1.54, 1.807) is 22.9 Å². The molecule has 6 nitrogen and oxygen atoms in total. The highest BCUT2D eigenvalue weighted by atomic mass is 32.3. The summed E-state index contributed by atoms with van der Waals surface area (Å²) in [7, 11) is -7.51. The van der Waals surface area contributed by atoms with Crippen molar-refractivity contribution in [2.24, 2.45) is 0 Å². The highest BCUT2D eigenvalue weighted by molar-refractivity contribution is 7.96. The van der Waals surface area contributed by atoms with Gasteiger partial charge in [0, 0.05) is 0 Å². The first kappa shape index (κ1) is 17.0. The molecule has 0 saturated heterocycles. The summed E-state index contributed by atoms with van der Waals surface area (Å²) in [5.41, 5.74) is 0.409. The van der Waals surface area contributed by atoms with E-state index in [1.807, 2.05) is 0 Å². The lowest BCUT2D eigenvalue weighted by Crippen LogP contribution is -1.95. The van der Waals surface area contributed by atoms with E-state index in [-0.39, 0.29) is 19.8 Å². The van der Waals surface area contributed by atoms with Crippen molar-refractivity contribution < 1.29 is 16.8 Å². The van der Waals surface area contributed by atoms with Gasteiger partial charge in [0.05, 0.1) is 0 Å². The number of thiophene rings is 2. The van der Waals surface area contributed by atoms with Crippen molar-refractivity contribution in [2.45, 2.75) is 8.42 Å². The van der Waals surface area contributed by atoms with Crippen LogP contribution in [0.5, 0.6) is 0 Å². The van der Waals surface area contributed by atoms with Crippen molar-refractivity contribution in [3.8, 4) is 0 Å². The fraction of sp³-hybridized carbons (Fsp3) is 0. The first-order valence-electron chi connectivity index (χ1n) is 6.50. The van der Waals surface area contributed by atoms with Crippen LogP contribution in [0.3, 0.4) is 0 Å². The average Bonchev–Trinajstić information content (AvgIpc) is 3.23. The van der Waals surface area contributed by atoms with E-state index in [2.05, 4.69) is 9.44 Å². The molecule has 0 N–H and O–H groups in total. The molecule has 2 aromatic heterocycles. The fourth-order valence-electron chi connectivity index (χ4n) is 1.76. The molecule has 24 heavy (non-hydrogen) atoms. The van der Waals surface area contributed by atoms with Crippen LogP contribution in [-0.2, 0) is 20.0 Å². The molecule has 3 aromatic rings. The molecule has 0 atom stereocenters. The number of nitrogens with zero attached hydrogens (tertiary/aromatic N) is 2. The van der Waals surface area contributed by atoms with E-state index in [1.165, 1.54) is 36.4 Å². The third-order valence-electron chi connectivity index (χ3n) is 2.80. The first-order valence-corrected chi connectivity index (χ1v) is 11.1. The van der Waals surface area contributed by atoms with Gasteiger partial charge in [-0.15, -0.1) is 34.0 Å². The van der Waals surface area contributed by atoms with Crippen molar-refractivity contribution in [3.63, 3.8) is 0 Å². The predicted octanol–water partition coefficient (Wildman–Crippen LogP) is 4.60. The molecule has 126 valence electrons. The Kier molecular flexibility index (Phi) is 4.63. The summed E-state index contributed by atoms with van der Waals surface area (Å²) >= 11 is 2.16. The Hall–Kier alpha value is -1.88. The Morgan fingerprint density at radius 3 is 1.29 bits per heavy atom. The van der Waals surface area contributed by atoms with Crippen LogP contribution in [-0.4, -0.2) is 16.8 Å². The minimum atomic E-state index is -3.76. The number of benzene rings is 1. The van der Waals surface area contributed by atoms with Gasteiger partial charge >= 0.3 is 0 Å². The number of hydrogen-bond donors (Lipinski definition) is 0. The second kappa shape index (κ2) is 6.55. The van der Waals surface area contributed by atoms with Crippen molar-refractivity contribution in [1.29, 1.82) is 0 Å². The van der Waals surface area contributed by atoms with Crippen LogP contribution in [0, 0.1) is 0 Å². The van der Waals surface area contributed by atoms with E-state index in [9.17, 15) is 16.8 Å². The van der Waals surface area contributed by atoms with Crippen LogP contribution in [0.1, 0.15) is 0 Å². The van der Waals surface area contributed by atoms with Gasteiger partial charge in [-0.2, -0.15) is 0 Å². The molecule has 10 heteroatoms. The van der Waals surface area contributed by atoms with Gasteiger partial charge in [-0.1, -0.05) is 36.4 Å². The summed E-state index contributed by atoms with van der Waals surface area (Å²) in [6.45, 7) is 0. The lowest BCUT2D eigenvalue weighted by Gasteiger charge is -2.24. The van der Waals surface area contributed by atoms with Crippen molar-refractivity contribution >= 4 is 54.1 Å². The van der Waals surface area contributed by atoms with Crippen molar-refractivity contribution in [2.75, 3.05) is 0 Å². The molecule has 0 aliphatic rings. The third kappa shape index (κ3) is 3.78. The smallest absolute Gasteiger partial charge is 0.132 e. The van der Waals surface area contributed by atoms with E-state index in [0.717, 1.165) is 22.7 Å². The maximum Gasteiger partial charge on any atom is 0.132 e. The maximum absolute atomic E-state index is 12.1. The Morgan fingerprint density at radius 2 is 1.00 bits per heavy atom. The Morgan fingerprint density at radius 1 is 0.625 bits per heavy atom. The van der Waals surface area contributed by atoms with Crippen LogP contribution < -0.4 is 0 Å². The van der Waals surface area contributed by atoms with E-state index >= 15 is 0 Å². The van der Waals surface area contributed by atoms with E-state index < -0.39 is 20.0 Å². The zero-order chi connectivity index (χ0) is 17.2. The van der Waals surface area contributed by atoms with Gasteiger partial charge in [0.25, 0.3) is 0 Å². The minimum Gasteiger partial charge on any atom is -0.572 e. The molecule has 1 aromatic carbocycles. The van der Waals surface area contributed by atoms with E-state index in [4.69, 9.17) is 0 Å². The lowest BCUT2D eigenvalue weighted by molar-refractivity contribution is 0.603. The van der Waals surface area contributed by atoms with Crippen LogP contribution in [0.25, 0.3) is 9.44 Å². The van der Waals surface area contributed by atoms with Gasteiger partial charge in [-0.05, 0) is 22.9 Å². The first-order chi connectivity index (χ1) is 11.4. The van der Waals surface area contributed by atoms with Gasteiger partial charge in [0.15, 0.2) is 0 Å². The quantitative estimate of drug-likeness (QED) is 0.606. The summed E-state index contributed by atoms with van der Waals surface area (Å²) in [6.07, 6.45) is 0. The number of rotatable bonds is 6. The molecular weight excluding hydrogens is 388 g/mol. The fourth-order valence-corrected chi connectivity index (χ4v) is 5.67. The molecule has 0 amide bonds. The monoisotopic (exact) mass is 398 g/mol. The second-order valence-electron chi connectivity index (χ2n) is 4.51. The van der Waals surface area contributed by atoms with Crippen molar-refractivity contribution in [1.82, 2.24) is 0 Å². The molecule has 0 saturated carbocycles. The maximum atomic E-state index is 12.1. The molecule has 0 spiro atoms. The molecule has 0 unspecified atom stereocenters. The second-order valence-corrected chi connectivity index (χ2v) is 10.1. The Balaban J connectivity index is 1.75. The number of hydrogen-bond acceptors (Lipinski definition) is 6. The van der Waals surface area contributed by atoms with Crippen molar-refractivity contribution in [3.05, 3.63) is 68.7 Å². The number of sulfonamides is 2. The minimum absolute atomic E-state index is 0.150. The molecular formula is C14H10N2O4S4-2. The summed E-state index contributed by atoms with van der Waals surface area (Å²) in [6, 6.07) is 11.8. The third-order valence-corrected chi connectivity index (χ3v) is 8.16. The topological polar surface area (TPSA) is 96.5 Å².